The lowest BCUT2D eigenvalue weighted by atomic mass is 9.84. The van der Waals surface area contributed by atoms with Crippen LogP contribution in [0.25, 0.3) is 39.4 Å². The molecule has 2 N–H and O–H groups in total. The fraction of sp³-hybridized carbons (Fsp3) is 0.490. The van der Waals surface area contributed by atoms with Gasteiger partial charge >= 0.3 is 5.97 Å². The molecule has 1 saturated carbocycles. The number of ether oxygens (including phenoxy) is 2. The van der Waals surface area contributed by atoms with E-state index in [2.05, 4.69) is 90.7 Å². The Morgan fingerprint density at radius 1 is 1.00 bits per heavy atom. The van der Waals surface area contributed by atoms with Gasteiger partial charge in [0, 0.05) is 67.7 Å². The Balaban J connectivity index is 1.34. The fourth-order valence-electron chi connectivity index (χ4n) is 9.73. The summed E-state index contributed by atoms with van der Waals surface area (Å²) in [7, 11) is 3.39. The predicted octanol–water partition coefficient (Wildman–Crippen LogP) is 6.89. The van der Waals surface area contributed by atoms with Crippen LogP contribution in [0.3, 0.4) is 0 Å². The van der Waals surface area contributed by atoms with Crippen LogP contribution in [0, 0.1) is 23.2 Å². The van der Waals surface area contributed by atoms with Gasteiger partial charge in [-0.05, 0) is 110 Å². The molecule has 0 unspecified atom stereocenters. The first kappa shape index (κ1) is 42.4. The van der Waals surface area contributed by atoms with Crippen molar-refractivity contribution in [2.24, 2.45) is 23.2 Å². The molecule has 4 aromatic rings. The Labute approximate surface area is 359 Å². The lowest BCUT2D eigenvalue weighted by molar-refractivity contribution is -0.155. The summed E-state index contributed by atoms with van der Waals surface area (Å²) in [6, 6.07) is 14.5. The number of hydrogen-bond acceptors (Lipinski definition) is 8. The topological polar surface area (TPSA) is 135 Å². The number of carbonyl (C=O) groups excluding carboxylic acids is 4. The molecule has 4 aliphatic rings. The van der Waals surface area contributed by atoms with Gasteiger partial charge in [-0.25, -0.2) is 5.43 Å². The van der Waals surface area contributed by atoms with E-state index in [1.165, 1.54) is 5.01 Å². The van der Waals surface area contributed by atoms with Gasteiger partial charge in [-0.3, -0.25) is 29.2 Å². The second kappa shape index (κ2) is 16.9. The molecule has 12 heteroatoms. The molecule has 0 spiro atoms. The van der Waals surface area contributed by atoms with Crippen LogP contribution in [0.5, 0.6) is 0 Å². The number of esters is 1. The van der Waals surface area contributed by atoms with Crippen molar-refractivity contribution in [3.63, 3.8) is 0 Å². The molecule has 2 aromatic heterocycles. The summed E-state index contributed by atoms with van der Waals surface area (Å²) in [5.41, 5.74) is 11.6. The number of carbonyl (C=O) groups is 4. The Bertz CT molecular complexity index is 2400. The molecule has 322 valence electrons. The van der Waals surface area contributed by atoms with E-state index in [1.54, 1.807) is 25.3 Å². The molecule has 8 bridgehead atoms. The van der Waals surface area contributed by atoms with E-state index in [4.69, 9.17) is 14.5 Å². The summed E-state index contributed by atoms with van der Waals surface area (Å²) < 4.78 is 14.3. The lowest BCUT2D eigenvalue weighted by Crippen LogP contribution is -2.62. The van der Waals surface area contributed by atoms with Gasteiger partial charge in [0.05, 0.1) is 24.1 Å². The van der Waals surface area contributed by atoms with Crippen LogP contribution in [0.1, 0.15) is 89.3 Å². The molecule has 61 heavy (non-hydrogen) atoms. The number of hydrazine groups is 1. The molecule has 2 aromatic carbocycles. The zero-order valence-corrected chi connectivity index (χ0v) is 36.8. The van der Waals surface area contributed by atoms with Crippen molar-refractivity contribution >= 4 is 40.7 Å². The minimum Gasteiger partial charge on any atom is -0.464 e. The van der Waals surface area contributed by atoms with E-state index in [-0.39, 0.29) is 54.6 Å². The largest absolute Gasteiger partial charge is 0.464 e. The highest BCUT2D eigenvalue weighted by molar-refractivity contribution is 5.96. The van der Waals surface area contributed by atoms with E-state index in [1.807, 2.05) is 26.8 Å². The number of pyridine rings is 1. The average Bonchev–Trinajstić information content (AvgIpc) is 3.97. The number of likely N-dealkylation sites (N-methyl/N-ethyl adjacent to an activating group) is 1. The van der Waals surface area contributed by atoms with Gasteiger partial charge in [0.25, 0.3) is 5.91 Å². The quantitative estimate of drug-likeness (QED) is 0.208. The van der Waals surface area contributed by atoms with Gasteiger partial charge in [0.2, 0.25) is 11.8 Å². The number of rotatable bonds is 5. The number of aromatic nitrogens is 2. The maximum absolute atomic E-state index is 14.7. The van der Waals surface area contributed by atoms with Crippen LogP contribution >= 0.6 is 0 Å². The van der Waals surface area contributed by atoms with Crippen LogP contribution in [0.15, 0.2) is 60.8 Å². The molecular formula is C49H60N6O6. The molecule has 2 fully saturated rings. The average molecular weight is 829 g/mol. The molecule has 6 atom stereocenters. The summed E-state index contributed by atoms with van der Waals surface area (Å²) in [6.45, 7) is 13.5. The number of fused-ring (bicyclic) bond motifs is 8. The summed E-state index contributed by atoms with van der Waals surface area (Å²) in [5.74, 6) is -1.56. The van der Waals surface area contributed by atoms with Gasteiger partial charge in [0.1, 0.15) is 18.1 Å². The second-order valence-corrected chi connectivity index (χ2v) is 18.6. The van der Waals surface area contributed by atoms with Gasteiger partial charge < -0.3 is 24.3 Å². The Kier molecular flexibility index (Phi) is 11.7. The van der Waals surface area contributed by atoms with Crippen molar-refractivity contribution in [3.8, 4) is 22.4 Å². The zero-order valence-electron chi connectivity index (χ0n) is 36.8. The van der Waals surface area contributed by atoms with Crippen LogP contribution < -0.4 is 10.7 Å². The molecule has 3 aliphatic heterocycles. The highest BCUT2D eigenvalue weighted by Gasteiger charge is 2.46. The van der Waals surface area contributed by atoms with E-state index < -0.39 is 29.5 Å². The maximum Gasteiger partial charge on any atom is 0.324 e. The van der Waals surface area contributed by atoms with Crippen LogP contribution in [-0.4, -0.2) is 88.6 Å². The van der Waals surface area contributed by atoms with Crippen LogP contribution in [-0.2, 0) is 48.0 Å². The molecule has 3 amide bonds. The van der Waals surface area contributed by atoms with E-state index >= 15 is 0 Å². The SMILES string of the molecule is CCn1c(-c2cccnc2[C@H](C)OC)c2c3cc(ccc31)-c1cc3cc(c1)C[C@H](NC(=O)[C@H](C(C)C)N(C)C(=O)[C@H]1C[C@H]1/C=C/3)C(=O)N1CCC[C@H](N1)C(=O)OCC(C)(C)C2. The number of benzene rings is 2. The second-order valence-electron chi connectivity index (χ2n) is 18.6. The van der Waals surface area contributed by atoms with Crippen molar-refractivity contribution in [1.82, 2.24) is 30.2 Å². The first-order chi connectivity index (χ1) is 29.2. The molecule has 0 radical (unpaired) electrons. The maximum atomic E-state index is 14.7. The van der Waals surface area contributed by atoms with Gasteiger partial charge in [-0.1, -0.05) is 58.0 Å². The summed E-state index contributed by atoms with van der Waals surface area (Å²) in [6.07, 6.45) is 8.37. The first-order valence-electron chi connectivity index (χ1n) is 21.9. The van der Waals surface area contributed by atoms with E-state index in [0.717, 1.165) is 62.1 Å². The lowest BCUT2D eigenvalue weighted by Gasteiger charge is -2.37. The minimum atomic E-state index is -0.987. The number of amides is 3. The molecule has 8 rings (SSSR count). The minimum absolute atomic E-state index is 0.0703. The van der Waals surface area contributed by atoms with E-state index in [0.29, 0.717) is 32.4 Å². The zero-order chi connectivity index (χ0) is 43.3. The van der Waals surface area contributed by atoms with Crippen molar-refractivity contribution in [3.05, 3.63) is 83.2 Å². The standard InChI is InChI=1S/C49H60N6O6/c1-9-54-41-17-16-32-24-37(41)38(44(54)35-12-10-18-50-42(35)29(4)60-8)26-49(5,6)27-61-48(59)39-13-11-19-55(52-39)47(58)40-23-31-20-30(21-34(32)22-31)14-15-33-25-36(33)46(57)53(7)43(28(2)3)45(56)51-40/h10,12,14-18,20-22,24,28-29,33,36,39-40,43,52H,9,11,13,19,23,25-27H2,1-8H3,(H,51,56)/b15-14+/t29-,33+,36-,39-,40-,43-/m0/s1. The van der Waals surface area contributed by atoms with Crippen molar-refractivity contribution in [2.75, 3.05) is 27.3 Å². The van der Waals surface area contributed by atoms with Crippen LogP contribution in [0.4, 0.5) is 0 Å². The van der Waals surface area contributed by atoms with Crippen molar-refractivity contribution in [2.45, 2.75) is 104 Å². The molecule has 12 nitrogen and oxygen atoms in total. The number of cyclic esters (lactones) is 1. The third kappa shape index (κ3) is 8.36. The predicted molar refractivity (Wildman–Crippen MR) is 236 cm³/mol. The molecule has 1 aliphatic carbocycles. The van der Waals surface area contributed by atoms with Crippen LogP contribution in [0.2, 0.25) is 0 Å². The third-order valence-electron chi connectivity index (χ3n) is 13.1. The van der Waals surface area contributed by atoms with E-state index in [9.17, 15) is 19.2 Å². The molecular weight excluding hydrogens is 769 g/mol. The highest BCUT2D eigenvalue weighted by Crippen LogP contribution is 2.44. The summed E-state index contributed by atoms with van der Waals surface area (Å²) >= 11 is 0. The highest BCUT2D eigenvalue weighted by atomic mass is 16.5. The van der Waals surface area contributed by atoms with Gasteiger partial charge in [0.15, 0.2) is 0 Å². The summed E-state index contributed by atoms with van der Waals surface area (Å²) in [5, 5.41) is 5.67. The van der Waals surface area contributed by atoms with Crippen molar-refractivity contribution in [1.29, 1.82) is 0 Å². The third-order valence-corrected chi connectivity index (χ3v) is 13.1. The van der Waals surface area contributed by atoms with Gasteiger partial charge in [-0.2, -0.15) is 0 Å². The monoisotopic (exact) mass is 828 g/mol. The molecule has 5 heterocycles. The number of nitrogens with zero attached hydrogens (tertiary/aromatic N) is 4. The normalized spacial score (nSPS) is 25.5. The first-order valence-corrected chi connectivity index (χ1v) is 21.9. The van der Waals surface area contributed by atoms with Crippen molar-refractivity contribution < 1.29 is 28.7 Å². The Morgan fingerprint density at radius 2 is 1.80 bits per heavy atom. The summed E-state index contributed by atoms with van der Waals surface area (Å²) in [4.78, 5) is 63.1. The Morgan fingerprint density at radius 3 is 2.56 bits per heavy atom. The number of methoxy groups -OCH3 is 1. The number of nitrogens with one attached hydrogen (secondary N) is 2. The molecule has 1 saturated heterocycles. The number of allylic oxidation sites excluding steroid dienone is 1. The van der Waals surface area contributed by atoms with Gasteiger partial charge in [-0.15, -0.1) is 0 Å². The number of aryl methyl sites for hydroxylation is 1. The fourth-order valence-corrected chi connectivity index (χ4v) is 9.73. The number of hydrogen-bond donors (Lipinski definition) is 2. The Hall–Kier alpha value is -5.33. The smallest absolute Gasteiger partial charge is 0.324 e.